The molecule has 2 aliphatic heterocycles. The molecule has 2 saturated heterocycles. The highest BCUT2D eigenvalue weighted by Gasteiger charge is 2.51. The maximum atomic E-state index is 13.0. The topological polar surface area (TPSA) is 87.3 Å². The third-order valence-corrected chi connectivity index (χ3v) is 6.75. The number of hydrogen-bond donors (Lipinski definition) is 0. The molecule has 0 bridgehead atoms. The van der Waals surface area contributed by atoms with Crippen molar-refractivity contribution in [3.63, 3.8) is 0 Å². The van der Waals surface area contributed by atoms with Crippen LogP contribution < -0.4 is 5.55 Å². The Balaban J connectivity index is 1.67. The molecule has 1 aromatic heterocycles. The number of nitrogens with zero attached hydrogens (tertiary/aromatic N) is 1. The number of rotatable bonds is 3. The number of sulfonamides is 1. The van der Waals surface area contributed by atoms with E-state index in [2.05, 4.69) is 4.40 Å². The smallest absolute Gasteiger partial charge is 0.285 e. The van der Waals surface area contributed by atoms with Crippen molar-refractivity contribution in [1.82, 2.24) is 0 Å². The van der Waals surface area contributed by atoms with Gasteiger partial charge in [0.1, 0.15) is 23.9 Å². The summed E-state index contributed by atoms with van der Waals surface area (Å²) in [6.07, 6.45) is -1.19. The maximum Gasteiger partial charge on any atom is 0.285 e. The fourth-order valence-electron chi connectivity index (χ4n) is 4.04. The van der Waals surface area contributed by atoms with Crippen LogP contribution >= 0.6 is 0 Å². The van der Waals surface area contributed by atoms with Crippen LogP contribution in [0.1, 0.15) is 31.1 Å². The van der Waals surface area contributed by atoms with Crippen LogP contribution in [-0.2, 0) is 24.2 Å². The number of hydrogen-bond acceptors (Lipinski definition) is 6. The molecule has 3 aromatic rings. The summed E-state index contributed by atoms with van der Waals surface area (Å²) in [7, 11) is -3.99. The molecule has 2 aliphatic rings. The van der Waals surface area contributed by atoms with E-state index in [0.29, 0.717) is 17.8 Å². The van der Waals surface area contributed by atoms with Gasteiger partial charge in [0, 0.05) is 10.9 Å². The molecule has 0 saturated carbocycles. The predicted octanol–water partition coefficient (Wildman–Crippen LogP) is 3.62. The van der Waals surface area contributed by atoms with E-state index >= 15 is 0 Å². The van der Waals surface area contributed by atoms with Gasteiger partial charge in [0.25, 0.3) is 10.0 Å². The molecule has 0 aliphatic carbocycles. The van der Waals surface area contributed by atoms with E-state index in [0.717, 1.165) is 10.9 Å². The molecular weight excluding hydrogens is 418 g/mol. The maximum absolute atomic E-state index is 13.0. The zero-order valence-corrected chi connectivity index (χ0v) is 18.3. The summed E-state index contributed by atoms with van der Waals surface area (Å²) in [6.45, 7) is 5.93. The second kappa shape index (κ2) is 7.27. The van der Waals surface area contributed by atoms with Crippen LogP contribution in [0.3, 0.4) is 0 Å². The predicted molar refractivity (Wildman–Crippen MR) is 113 cm³/mol. The molecule has 2 aromatic carbocycles. The lowest BCUT2D eigenvalue weighted by Crippen LogP contribution is -2.28. The summed E-state index contributed by atoms with van der Waals surface area (Å²) in [6, 6.07) is 15.8. The van der Waals surface area contributed by atoms with Gasteiger partial charge in [-0.3, -0.25) is 0 Å². The summed E-state index contributed by atoms with van der Waals surface area (Å²) in [5, 5.41) is 0.814. The first-order valence-electron chi connectivity index (χ1n) is 10.1. The highest BCUT2D eigenvalue weighted by molar-refractivity contribution is 7.90. The highest BCUT2D eigenvalue weighted by Crippen LogP contribution is 2.41. The zero-order chi connectivity index (χ0) is 21.8. The standard InChI is InChI=1S/C23H23NO6S/c1-14-8-10-16(11-9-14)31(25,26)24-22-17(12-15-6-4-5-7-18(15)28-22)20-21-19(13-27-20)29-23(2,3)30-21/h4-12,19-21H,13H2,1-3H3/b24-22-/t19-,20-,21-/m1/s1. The van der Waals surface area contributed by atoms with Gasteiger partial charge in [-0.25, -0.2) is 0 Å². The second-order valence-electron chi connectivity index (χ2n) is 8.32. The quantitative estimate of drug-likeness (QED) is 0.617. The Bertz CT molecular complexity index is 1310. The number of para-hydroxylation sites is 1. The molecule has 3 atom stereocenters. The minimum Gasteiger partial charge on any atom is -0.437 e. The lowest BCUT2D eigenvalue weighted by atomic mass is 10.0. The van der Waals surface area contributed by atoms with Crippen LogP contribution in [0.5, 0.6) is 0 Å². The molecule has 8 heteroatoms. The van der Waals surface area contributed by atoms with Crippen LogP contribution in [0.4, 0.5) is 0 Å². The van der Waals surface area contributed by atoms with Crippen molar-refractivity contribution in [2.75, 3.05) is 6.61 Å². The van der Waals surface area contributed by atoms with E-state index in [1.54, 1.807) is 18.2 Å². The number of benzene rings is 2. The zero-order valence-electron chi connectivity index (χ0n) is 17.4. The number of aryl methyl sites for hydroxylation is 1. The molecule has 0 amide bonds. The van der Waals surface area contributed by atoms with Gasteiger partial charge in [0.15, 0.2) is 5.79 Å². The molecule has 0 unspecified atom stereocenters. The Kier molecular flexibility index (Phi) is 4.78. The first-order valence-corrected chi connectivity index (χ1v) is 11.5. The largest absolute Gasteiger partial charge is 0.437 e. The van der Waals surface area contributed by atoms with Gasteiger partial charge < -0.3 is 18.6 Å². The minimum atomic E-state index is -3.99. The van der Waals surface area contributed by atoms with Crippen LogP contribution in [0.25, 0.3) is 11.0 Å². The third kappa shape index (κ3) is 3.80. The van der Waals surface area contributed by atoms with E-state index in [1.807, 2.05) is 45.0 Å². The van der Waals surface area contributed by atoms with Crippen molar-refractivity contribution < 1.29 is 27.0 Å². The lowest BCUT2D eigenvalue weighted by molar-refractivity contribution is -0.175. The summed E-state index contributed by atoms with van der Waals surface area (Å²) < 4.78 is 54.0. The highest BCUT2D eigenvalue weighted by atomic mass is 32.2. The Morgan fingerprint density at radius 3 is 2.55 bits per heavy atom. The van der Waals surface area contributed by atoms with Crippen molar-refractivity contribution >= 4 is 21.0 Å². The normalized spacial score (nSPS) is 25.8. The Labute approximate surface area is 180 Å². The number of ether oxygens (including phenoxy) is 3. The molecule has 2 fully saturated rings. The Morgan fingerprint density at radius 1 is 1.03 bits per heavy atom. The molecule has 0 N–H and O–H groups in total. The van der Waals surface area contributed by atoms with Crippen LogP contribution in [0.2, 0.25) is 0 Å². The monoisotopic (exact) mass is 441 g/mol. The van der Waals surface area contributed by atoms with Gasteiger partial charge in [-0.05, 0) is 45.0 Å². The average Bonchev–Trinajstić information content (AvgIpc) is 3.22. The first kappa shape index (κ1) is 20.4. The minimum absolute atomic E-state index is 0.0155. The lowest BCUT2D eigenvalue weighted by Gasteiger charge is -2.22. The molecular formula is C23H23NO6S. The molecule has 5 rings (SSSR count). The molecule has 31 heavy (non-hydrogen) atoms. The molecule has 0 spiro atoms. The fraction of sp³-hybridized carbons (Fsp3) is 0.348. The second-order valence-corrected chi connectivity index (χ2v) is 9.92. The summed E-state index contributed by atoms with van der Waals surface area (Å²) in [4.78, 5) is 0.0965. The van der Waals surface area contributed by atoms with Gasteiger partial charge >= 0.3 is 0 Å². The fourth-order valence-corrected chi connectivity index (χ4v) is 4.99. The van der Waals surface area contributed by atoms with Crippen molar-refractivity contribution in [3.05, 3.63) is 71.3 Å². The molecule has 0 radical (unpaired) electrons. The van der Waals surface area contributed by atoms with Crippen LogP contribution in [-0.4, -0.2) is 33.0 Å². The van der Waals surface area contributed by atoms with Crippen molar-refractivity contribution in [3.8, 4) is 0 Å². The van der Waals surface area contributed by atoms with Crippen molar-refractivity contribution in [2.45, 2.75) is 49.8 Å². The van der Waals surface area contributed by atoms with Gasteiger partial charge in [0.05, 0.1) is 11.5 Å². The average molecular weight is 442 g/mol. The molecule has 7 nitrogen and oxygen atoms in total. The van der Waals surface area contributed by atoms with Crippen LogP contribution in [0.15, 0.2) is 68.3 Å². The van der Waals surface area contributed by atoms with E-state index in [4.69, 9.17) is 18.6 Å². The SMILES string of the molecule is Cc1ccc(S(=O)(=O)/N=c2\oc3ccccc3cc2[C@H]2OC[C@H]3OC(C)(C)O[C@@H]23)cc1. The molecule has 162 valence electrons. The third-order valence-electron chi connectivity index (χ3n) is 5.47. The van der Waals surface area contributed by atoms with Crippen LogP contribution in [0, 0.1) is 6.92 Å². The van der Waals surface area contributed by atoms with Crippen molar-refractivity contribution in [2.24, 2.45) is 4.40 Å². The Hall–Kier alpha value is -2.52. The van der Waals surface area contributed by atoms with E-state index < -0.39 is 21.9 Å². The summed E-state index contributed by atoms with van der Waals surface area (Å²) in [5.74, 6) is -0.739. The van der Waals surface area contributed by atoms with Gasteiger partial charge in [0.2, 0.25) is 5.55 Å². The van der Waals surface area contributed by atoms with E-state index in [-0.39, 0.29) is 22.7 Å². The molecule has 3 heterocycles. The number of fused-ring (bicyclic) bond motifs is 2. The van der Waals surface area contributed by atoms with Gasteiger partial charge in [-0.15, -0.1) is 4.40 Å². The summed E-state index contributed by atoms with van der Waals surface area (Å²) >= 11 is 0. The summed E-state index contributed by atoms with van der Waals surface area (Å²) in [5.41, 5.74) is 1.99. The first-order chi connectivity index (χ1) is 14.7. The van der Waals surface area contributed by atoms with Crippen molar-refractivity contribution in [1.29, 1.82) is 0 Å². The van der Waals surface area contributed by atoms with Gasteiger partial charge in [-0.1, -0.05) is 35.9 Å². The van der Waals surface area contributed by atoms with E-state index in [1.165, 1.54) is 12.1 Å². The van der Waals surface area contributed by atoms with Gasteiger partial charge in [-0.2, -0.15) is 8.42 Å². The van der Waals surface area contributed by atoms with E-state index in [9.17, 15) is 8.42 Å². The Morgan fingerprint density at radius 2 is 1.77 bits per heavy atom.